The van der Waals surface area contributed by atoms with Crippen LogP contribution in [0.1, 0.15) is 26.2 Å². The highest BCUT2D eigenvalue weighted by Gasteiger charge is 2.22. The summed E-state index contributed by atoms with van der Waals surface area (Å²) in [6.45, 7) is 6.20. The highest BCUT2D eigenvalue weighted by Crippen LogP contribution is 2.17. The van der Waals surface area contributed by atoms with Crippen LogP contribution in [0.2, 0.25) is 0 Å². The van der Waals surface area contributed by atoms with Crippen LogP contribution in [0.3, 0.4) is 0 Å². The number of nitrogens with zero attached hydrogens (tertiary/aromatic N) is 3. The zero-order chi connectivity index (χ0) is 16.9. The zero-order valence-corrected chi connectivity index (χ0v) is 16.1. The molecule has 1 aliphatic rings. The van der Waals surface area contributed by atoms with Gasteiger partial charge in [0.15, 0.2) is 0 Å². The molecular formula is C17H25ClN4O2S. The van der Waals surface area contributed by atoms with Crippen molar-refractivity contribution >= 4 is 39.9 Å². The van der Waals surface area contributed by atoms with Crippen LogP contribution in [0, 0.1) is 5.92 Å². The van der Waals surface area contributed by atoms with Gasteiger partial charge < -0.3 is 10.2 Å². The van der Waals surface area contributed by atoms with Crippen LogP contribution in [-0.2, 0) is 11.3 Å². The number of hydrogen-bond donors (Lipinski definition) is 1. The molecule has 0 radical (unpaired) electrons. The van der Waals surface area contributed by atoms with Gasteiger partial charge in [-0.2, -0.15) is 0 Å². The maximum absolute atomic E-state index is 12.4. The van der Waals surface area contributed by atoms with Gasteiger partial charge in [0, 0.05) is 26.1 Å². The molecule has 0 spiro atoms. The summed E-state index contributed by atoms with van der Waals surface area (Å²) in [4.78, 5) is 31.7. The van der Waals surface area contributed by atoms with Gasteiger partial charge in [0.2, 0.25) is 5.91 Å². The minimum absolute atomic E-state index is 0. The Morgan fingerprint density at radius 2 is 2.16 bits per heavy atom. The molecule has 0 atom stereocenters. The molecule has 6 nitrogen and oxygen atoms in total. The number of hydrogen-bond acceptors (Lipinski definition) is 5. The molecule has 1 saturated heterocycles. The molecule has 0 aromatic carbocycles. The van der Waals surface area contributed by atoms with Gasteiger partial charge in [-0.3, -0.25) is 14.2 Å². The maximum atomic E-state index is 12.4. The number of amides is 1. The lowest BCUT2D eigenvalue weighted by Crippen LogP contribution is -2.41. The summed E-state index contributed by atoms with van der Waals surface area (Å²) in [5, 5.41) is 5.88. The SMILES string of the molecule is CCNCC1CCN(C(=O)CCn2cnc3sccc3c2=O)CC1.Cl. The Kier molecular flexibility index (Phi) is 7.40. The van der Waals surface area contributed by atoms with E-state index in [0.29, 0.717) is 24.3 Å². The molecule has 1 N–H and O–H groups in total. The number of aromatic nitrogens is 2. The number of thiophene rings is 1. The fourth-order valence-corrected chi connectivity index (χ4v) is 3.89. The normalized spacial score (nSPS) is 15.3. The van der Waals surface area contributed by atoms with E-state index in [1.165, 1.54) is 11.3 Å². The van der Waals surface area contributed by atoms with Crippen molar-refractivity contribution in [2.75, 3.05) is 26.2 Å². The Bertz CT molecular complexity index is 752. The number of aryl methyl sites for hydroxylation is 1. The lowest BCUT2D eigenvalue weighted by Gasteiger charge is -2.32. The maximum Gasteiger partial charge on any atom is 0.262 e. The smallest absolute Gasteiger partial charge is 0.262 e. The van der Waals surface area contributed by atoms with Gasteiger partial charge in [-0.15, -0.1) is 23.7 Å². The summed E-state index contributed by atoms with van der Waals surface area (Å²) in [5.41, 5.74) is -0.0570. The first-order valence-electron chi connectivity index (χ1n) is 8.60. The van der Waals surface area contributed by atoms with Crippen molar-refractivity contribution in [1.29, 1.82) is 0 Å². The molecule has 0 saturated carbocycles. The summed E-state index contributed by atoms with van der Waals surface area (Å²) >= 11 is 1.46. The van der Waals surface area contributed by atoms with Crippen molar-refractivity contribution in [3.8, 4) is 0 Å². The monoisotopic (exact) mass is 384 g/mol. The molecule has 0 unspecified atom stereocenters. The van der Waals surface area contributed by atoms with E-state index in [-0.39, 0.29) is 23.9 Å². The zero-order valence-electron chi connectivity index (χ0n) is 14.4. The third-order valence-electron chi connectivity index (χ3n) is 4.67. The van der Waals surface area contributed by atoms with Crippen molar-refractivity contribution in [2.45, 2.75) is 32.7 Å². The lowest BCUT2D eigenvalue weighted by molar-refractivity contribution is -0.132. The van der Waals surface area contributed by atoms with Gasteiger partial charge >= 0.3 is 0 Å². The Morgan fingerprint density at radius 1 is 1.40 bits per heavy atom. The third-order valence-corrected chi connectivity index (χ3v) is 5.49. The highest BCUT2D eigenvalue weighted by atomic mass is 35.5. The molecule has 0 bridgehead atoms. The van der Waals surface area contributed by atoms with E-state index in [1.807, 2.05) is 10.3 Å². The number of fused-ring (bicyclic) bond motifs is 1. The van der Waals surface area contributed by atoms with Gasteiger partial charge in [0.1, 0.15) is 4.83 Å². The second-order valence-corrected chi connectivity index (χ2v) is 7.16. The Morgan fingerprint density at radius 3 is 2.88 bits per heavy atom. The largest absolute Gasteiger partial charge is 0.343 e. The predicted molar refractivity (Wildman–Crippen MR) is 104 cm³/mol. The molecule has 138 valence electrons. The molecule has 3 heterocycles. The molecule has 1 fully saturated rings. The van der Waals surface area contributed by atoms with Crippen LogP contribution in [0.25, 0.3) is 10.2 Å². The molecule has 1 aliphatic heterocycles. The van der Waals surface area contributed by atoms with Crippen molar-refractivity contribution in [1.82, 2.24) is 19.8 Å². The number of rotatable bonds is 6. The number of carbonyl (C=O) groups excluding carboxylic acids is 1. The lowest BCUT2D eigenvalue weighted by atomic mass is 9.96. The standard InChI is InChI=1S/C17H24N4O2S.ClH/c1-2-18-11-13-3-7-20(8-4-13)15(22)5-9-21-12-19-16-14(17(21)23)6-10-24-16;/h6,10,12-13,18H,2-5,7-9,11H2,1H3;1H. The van der Waals surface area contributed by atoms with E-state index in [9.17, 15) is 9.59 Å². The third kappa shape index (κ3) is 4.80. The van der Waals surface area contributed by atoms with E-state index >= 15 is 0 Å². The highest BCUT2D eigenvalue weighted by molar-refractivity contribution is 7.16. The molecule has 8 heteroatoms. The van der Waals surface area contributed by atoms with Gasteiger partial charge in [-0.25, -0.2) is 4.98 Å². The number of halogens is 1. The minimum atomic E-state index is -0.0570. The van der Waals surface area contributed by atoms with Gasteiger partial charge in [-0.1, -0.05) is 6.92 Å². The predicted octanol–water partition coefficient (Wildman–Crippen LogP) is 2.12. The van der Waals surface area contributed by atoms with Gasteiger partial charge in [0.25, 0.3) is 5.56 Å². The topological polar surface area (TPSA) is 67.2 Å². The second kappa shape index (κ2) is 9.31. The van der Waals surface area contributed by atoms with Crippen molar-refractivity contribution in [3.05, 3.63) is 28.1 Å². The molecule has 2 aromatic rings. The Hall–Kier alpha value is -1.44. The number of carbonyl (C=O) groups is 1. The van der Waals surface area contributed by atoms with E-state index < -0.39 is 0 Å². The van der Waals surface area contributed by atoms with E-state index in [1.54, 1.807) is 17.0 Å². The first-order chi connectivity index (χ1) is 11.7. The van der Waals surface area contributed by atoms with E-state index in [2.05, 4.69) is 17.2 Å². The molecule has 2 aromatic heterocycles. The van der Waals surface area contributed by atoms with Crippen LogP contribution >= 0.6 is 23.7 Å². The first-order valence-corrected chi connectivity index (χ1v) is 9.48. The Labute approximate surface area is 157 Å². The quantitative estimate of drug-likeness (QED) is 0.828. The van der Waals surface area contributed by atoms with Crippen LogP contribution in [-0.4, -0.2) is 46.5 Å². The number of nitrogens with one attached hydrogen (secondary N) is 1. The second-order valence-electron chi connectivity index (χ2n) is 6.26. The van der Waals surface area contributed by atoms with Crippen LogP contribution in [0.5, 0.6) is 0 Å². The summed E-state index contributed by atoms with van der Waals surface area (Å²) in [6, 6.07) is 1.79. The average molecular weight is 385 g/mol. The molecule has 25 heavy (non-hydrogen) atoms. The fraction of sp³-hybridized carbons (Fsp3) is 0.588. The van der Waals surface area contributed by atoms with E-state index in [4.69, 9.17) is 0 Å². The summed E-state index contributed by atoms with van der Waals surface area (Å²) < 4.78 is 1.55. The number of likely N-dealkylation sites (tertiary alicyclic amines) is 1. The summed E-state index contributed by atoms with van der Waals surface area (Å²) in [6.07, 6.45) is 4.02. The van der Waals surface area contributed by atoms with Crippen molar-refractivity contribution in [3.63, 3.8) is 0 Å². The molecule has 0 aliphatic carbocycles. The van der Waals surface area contributed by atoms with Crippen LogP contribution < -0.4 is 10.9 Å². The number of piperidine rings is 1. The van der Waals surface area contributed by atoms with Crippen LogP contribution in [0.15, 0.2) is 22.6 Å². The minimum Gasteiger partial charge on any atom is -0.343 e. The van der Waals surface area contributed by atoms with Gasteiger partial charge in [0.05, 0.1) is 11.7 Å². The Balaban J connectivity index is 0.00000225. The van der Waals surface area contributed by atoms with Crippen molar-refractivity contribution < 1.29 is 4.79 Å². The molecule has 1 amide bonds. The van der Waals surface area contributed by atoms with Crippen molar-refractivity contribution in [2.24, 2.45) is 5.92 Å². The van der Waals surface area contributed by atoms with E-state index in [0.717, 1.165) is 43.9 Å². The molecule has 3 rings (SSSR count). The summed E-state index contributed by atoms with van der Waals surface area (Å²) in [7, 11) is 0. The molecular weight excluding hydrogens is 360 g/mol. The van der Waals surface area contributed by atoms with Gasteiger partial charge in [-0.05, 0) is 43.3 Å². The van der Waals surface area contributed by atoms with Crippen LogP contribution in [0.4, 0.5) is 0 Å². The first kappa shape index (κ1) is 19.9. The average Bonchev–Trinajstić information content (AvgIpc) is 3.09. The fourth-order valence-electron chi connectivity index (χ4n) is 3.16. The summed E-state index contributed by atoms with van der Waals surface area (Å²) in [5.74, 6) is 0.802.